The lowest BCUT2D eigenvalue weighted by atomic mass is 10.0. The minimum absolute atomic E-state index is 0.0495. The Balaban J connectivity index is 1.84. The van der Waals surface area contributed by atoms with Crippen LogP contribution in [0.2, 0.25) is 0 Å². The van der Waals surface area contributed by atoms with Crippen LogP contribution in [0.25, 0.3) is 0 Å². The number of carbonyl (C=O) groups excluding carboxylic acids is 1. The van der Waals surface area contributed by atoms with Gasteiger partial charge >= 0.3 is 0 Å². The first-order valence-electron chi connectivity index (χ1n) is 7.05. The number of benzene rings is 2. The first-order valence-corrected chi connectivity index (χ1v) is 7.05. The summed E-state index contributed by atoms with van der Waals surface area (Å²) in [7, 11) is 3.18. The van der Waals surface area contributed by atoms with Crippen molar-refractivity contribution >= 4 is 5.78 Å². The summed E-state index contributed by atoms with van der Waals surface area (Å²) in [6.45, 7) is 0. The van der Waals surface area contributed by atoms with E-state index in [4.69, 9.17) is 9.47 Å². The molecule has 1 aliphatic carbocycles. The Hall–Kier alpha value is -2.29. The summed E-state index contributed by atoms with van der Waals surface area (Å²) < 4.78 is 10.5. The maximum absolute atomic E-state index is 12.7. The van der Waals surface area contributed by atoms with Crippen LogP contribution < -0.4 is 9.47 Å². The summed E-state index contributed by atoms with van der Waals surface area (Å²) >= 11 is 0. The molecule has 2 atom stereocenters. The van der Waals surface area contributed by atoms with Gasteiger partial charge in [-0.2, -0.15) is 0 Å². The van der Waals surface area contributed by atoms with Gasteiger partial charge in [0.1, 0.15) is 11.5 Å². The lowest BCUT2D eigenvalue weighted by molar-refractivity contribution is 0.0962. The van der Waals surface area contributed by atoms with Gasteiger partial charge in [-0.25, -0.2) is 0 Å². The lowest BCUT2D eigenvalue weighted by Gasteiger charge is -2.09. The van der Waals surface area contributed by atoms with Gasteiger partial charge in [0.15, 0.2) is 5.78 Å². The molecular formula is C18H18O3. The van der Waals surface area contributed by atoms with E-state index in [0.29, 0.717) is 23.0 Å². The molecule has 0 N–H and O–H groups in total. The van der Waals surface area contributed by atoms with E-state index in [1.54, 1.807) is 32.4 Å². The van der Waals surface area contributed by atoms with Gasteiger partial charge in [-0.1, -0.05) is 30.3 Å². The fourth-order valence-electron chi connectivity index (χ4n) is 2.76. The molecular weight excluding hydrogens is 264 g/mol. The Morgan fingerprint density at radius 1 is 1.05 bits per heavy atom. The minimum Gasteiger partial charge on any atom is -0.497 e. The van der Waals surface area contributed by atoms with Crippen LogP contribution in [0.4, 0.5) is 0 Å². The van der Waals surface area contributed by atoms with Gasteiger partial charge in [-0.15, -0.1) is 0 Å². The van der Waals surface area contributed by atoms with Gasteiger partial charge in [0.05, 0.1) is 19.8 Å². The standard InChI is InChI=1S/C18H18O3/c1-20-13-8-9-17(21-2)16(10-13)18(19)15-11-14(15)12-6-4-3-5-7-12/h3-10,14-15H,11H2,1-2H3. The third-order valence-corrected chi connectivity index (χ3v) is 4.03. The lowest BCUT2D eigenvalue weighted by Crippen LogP contribution is -2.06. The SMILES string of the molecule is COc1ccc(OC)c(C(=O)C2CC2c2ccccc2)c1. The fraction of sp³-hybridized carbons (Fsp3) is 0.278. The molecule has 1 fully saturated rings. The molecule has 0 aliphatic heterocycles. The summed E-state index contributed by atoms with van der Waals surface area (Å²) in [6.07, 6.45) is 0.906. The topological polar surface area (TPSA) is 35.5 Å². The molecule has 0 radical (unpaired) electrons. The Kier molecular flexibility index (Phi) is 3.65. The number of hydrogen-bond acceptors (Lipinski definition) is 3. The van der Waals surface area contributed by atoms with Crippen LogP contribution in [-0.2, 0) is 0 Å². The largest absolute Gasteiger partial charge is 0.497 e. The number of ether oxygens (including phenoxy) is 2. The van der Waals surface area contributed by atoms with Crippen molar-refractivity contribution in [1.29, 1.82) is 0 Å². The molecule has 0 saturated heterocycles. The molecule has 0 aromatic heterocycles. The zero-order valence-corrected chi connectivity index (χ0v) is 12.2. The van der Waals surface area contributed by atoms with E-state index in [9.17, 15) is 4.79 Å². The van der Waals surface area contributed by atoms with Gasteiger partial charge in [0, 0.05) is 5.92 Å². The van der Waals surface area contributed by atoms with Crippen LogP contribution in [0.5, 0.6) is 11.5 Å². The molecule has 1 saturated carbocycles. The predicted molar refractivity (Wildman–Crippen MR) is 81.2 cm³/mol. The molecule has 3 nitrogen and oxygen atoms in total. The second kappa shape index (κ2) is 5.60. The minimum atomic E-state index is 0.0495. The van der Waals surface area contributed by atoms with E-state index in [0.717, 1.165) is 6.42 Å². The Morgan fingerprint density at radius 2 is 1.81 bits per heavy atom. The summed E-state index contributed by atoms with van der Waals surface area (Å²) in [5.41, 5.74) is 1.85. The highest BCUT2D eigenvalue weighted by atomic mass is 16.5. The van der Waals surface area contributed by atoms with Crippen molar-refractivity contribution in [3.8, 4) is 11.5 Å². The smallest absolute Gasteiger partial charge is 0.170 e. The molecule has 0 amide bonds. The van der Waals surface area contributed by atoms with Crippen molar-refractivity contribution in [1.82, 2.24) is 0 Å². The third kappa shape index (κ3) is 2.64. The first kappa shape index (κ1) is 13.7. The zero-order chi connectivity index (χ0) is 14.8. The van der Waals surface area contributed by atoms with E-state index in [1.807, 2.05) is 18.2 Å². The van der Waals surface area contributed by atoms with Crippen LogP contribution in [0.15, 0.2) is 48.5 Å². The average molecular weight is 282 g/mol. The van der Waals surface area contributed by atoms with Crippen molar-refractivity contribution in [2.45, 2.75) is 12.3 Å². The number of rotatable bonds is 5. The van der Waals surface area contributed by atoms with E-state index >= 15 is 0 Å². The maximum atomic E-state index is 12.7. The second-order valence-corrected chi connectivity index (χ2v) is 5.29. The van der Waals surface area contributed by atoms with Crippen molar-refractivity contribution in [2.24, 2.45) is 5.92 Å². The normalized spacial score (nSPS) is 19.9. The summed E-state index contributed by atoms with van der Waals surface area (Å²) in [5.74, 6) is 1.80. The van der Waals surface area contributed by atoms with E-state index in [-0.39, 0.29) is 11.7 Å². The summed E-state index contributed by atoms with van der Waals surface area (Å²) in [4.78, 5) is 12.7. The second-order valence-electron chi connectivity index (χ2n) is 5.29. The van der Waals surface area contributed by atoms with Gasteiger partial charge in [-0.3, -0.25) is 4.79 Å². The number of carbonyl (C=O) groups is 1. The molecule has 1 aliphatic rings. The number of Topliss-reactive ketones (excluding diaryl/α,β-unsaturated/α-hetero) is 1. The van der Waals surface area contributed by atoms with Crippen LogP contribution >= 0.6 is 0 Å². The molecule has 2 aromatic carbocycles. The highest BCUT2D eigenvalue weighted by Gasteiger charge is 2.44. The van der Waals surface area contributed by atoms with Crippen LogP contribution in [0.1, 0.15) is 28.3 Å². The number of ketones is 1. The fourth-order valence-corrected chi connectivity index (χ4v) is 2.76. The van der Waals surface area contributed by atoms with Crippen LogP contribution in [0.3, 0.4) is 0 Å². The predicted octanol–water partition coefficient (Wildman–Crippen LogP) is 3.69. The molecule has 0 heterocycles. The zero-order valence-electron chi connectivity index (χ0n) is 12.2. The van der Waals surface area contributed by atoms with Gasteiger partial charge < -0.3 is 9.47 Å². The molecule has 21 heavy (non-hydrogen) atoms. The Morgan fingerprint density at radius 3 is 2.48 bits per heavy atom. The quantitative estimate of drug-likeness (QED) is 0.785. The third-order valence-electron chi connectivity index (χ3n) is 4.03. The molecule has 3 heteroatoms. The van der Waals surface area contributed by atoms with Crippen LogP contribution in [0, 0.1) is 5.92 Å². The van der Waals surface area contributed by atoms with Crippen molar-refractivity contribution in [3.63, 3.8) is 0 Å². The molecule has 2 aromatic rings. The average Bonchev–Trinajstić information content (AvgIpc) is 3.35. The van der Waals surface area contributed by atoms with E-state index in [1.165, 1.54) is 5.56 Å². The van der Waals surface area contributed by atoms with E-state index < -0.39 is 0 Å². The number of hydrogen-bond donors (Lipinski definition) is 0. The van der Waals surface area contributed by atoms with E-state index in [2.05, 4.69) is 12.1 Å². The molecule has 3 rings (SSSR count). The van der Waals surface area contributed by atoms with Gasteiger partial charge in [0.25, 0.3) is 0 Å². The molecule has 0 bridgehead atoms. The van der Waals surface area contributed by atoms with Crippen molar-refractivity contribution < 1.29 is 14.3 Å². The van der Waals surface area contributed by atoms with Crippen molar-refractivity contribution in [2.75, 3.05) is 14.2 Å². The maximum Gasteiger partial charge on any atom is 0.170 e. The Labute approximate surface area is 124 Å². The van der Waals surface area contributed by atoms with Gasteiger partial charge in [-0.05, 0) is 36.1 Å². The Bertz CT molecular complexity index is 649. The monoisotopic (exact) mass is 282 g/mol. The molecule has 0 spiro atoms. The molecule has 2 unspecified atom stereocenters. The highest BCUT2D eigenvalue weighted by molar-refractivity contribution is 6.03. The van der Waals surface area contributed by atoms with Crippen LogP contribution in [-0.4, -0.2) is 20.0 Å². The number of methoxy groups -OCH3 is 2. The van der Waals surface area contributed by atoms with Gasteiger partial charge in [0.2, 0.25) is 0 Å². The summed E-state index contributed by atoms with van der Waals surface area (Å²) in [5, 5.41) is 0. The van der Waals surface area contributed by atoms with Crippen molar-refractivity contribution in [3.05, 3.63) is 59.7 Å². The summed E-state index contributed by atoms with van der Waals surface area (Å²) in [6, 6.07) is 15.5. The molecule has 108 valence electrons. The first-order chi connectivity index (χ1) is 10.2. The highest BCUT2D eigenvalue weighted by Crippen LogP contribution is 2.50.